The fraction of sp³-hybridized carbons (Fsp3) is 0.417. The zero-order valence-electron chi connectivity index (χ0n) is 9.38. The summed E-state index contributed by atoms with van der Waals surface area (Å²) < 4.78 is 49.4. The van der Waals surface area contributed by atoms with Gasteiger partial charge >= 0.3 is 12.1 Å². The number of hydrogen-bond acceptors (Lipinski definition) is 1. The quantitative estimate of drug-likeness (QED) is 0.827. The van der Waals surface area contributed by atoms with Gasteiger partial charge in [0.15, 0.2) is 0 Å². The van der Waals surface area contributed by atoms with Crippen LogP contribution in [0.4, 0.5) is 17.6 Å². The summed E-state index contributed by atoms with van der Waals surface area (Å²) in [6.45, 7) is 0. The lowest BCUT2D eigenvalue weighted by Crippen LogP contribution is -2.20. The van der Waals surface area contributed by atoms with E-state index in [4.69, 9.17) is 5.11 Å². The number of rotatable bonds is 5. The SMILES string of the molecule is O=C(O)C(CCC(F)(F)F)Cc1ccccc1F. The highest BCUT2D eigenvalue weighted by Crippen LogP contribution is 2.26. The number of carboxylic acid groups (broad SMARTS) is 1. The van der Waals surface area contributed by atoms with Crippen LogP contribution in [0.2, 0.25) is 0 Å². The van der Waals surface area contributed by atoms with Crippen molar-refractivity contribution in [1.82, 2.24) is 0 Å². The smallest absolute Gasteiger partial charge is 0.389 e. The Hall–Kier alpha value is -1.59. The highest BCUT2D eigenvalue weighted by atomic mass is 19.4. The van der Waals surface area contributed by atoms with Crippen molar-refractivity contribution in [2.45, 2.75) is 25.4 Å². The molecular weight excluding hydrogens is 252 g/mol. The van der Waals surface area contributed by atoms with Crippen LogP contribution >= 0.6 is 0 Å². The summed E-state index contributed by atoms with van der Waals surface area (Å²) in [5.41, 5.74) is 0.118. The summed E-state index contributed by atoms with van der Waals surface area (Å²) in [4.78, 5) is 10.8. The predicted octanol–water partition coefficient (Wildman–Crippen LogP) is 3.41. The second-order valence-electron chi connectivity index (χ2n) is 3.98. The van der Waals surface area contributed by atoms with Crippen molar-refractivity contribution in [3.63, 3.8) is 0 Å². The molecule has 100 valence electrons. The fourth-order valence-corrected chi connectivity index (χ4v) is 1.58. The maximum absolute atomic E-state index is 13.3. The second kappa shape index (κ2) is 5.84. The summed E-state index contributed by atoms with van der Waals surface area (Å²) in [5.74, 6) is -3.18. The Morgan fingerprint density at radius 2 is 1.89 bits per heavy atom. The average molecular weight is 264 g/mol. The Morgan fingerprint density at radius 1 is 1.28 bits per heavy atom. The van der Waals surface area contributed by atoms with Crippen molar-refractivity contribution in [2.75, 3.05) is 0 Å². The number of aliphatic carboxylic acids is 1. The first kappa shape index (κ1) is 14.5. The largest absolute Gasteiger partial charge is 0.481 e. The van der Waals surface area contributed by atoms with Crippen LogP contribution in [-0.2, 0) is 11.2 Å². The van der Waals surface area contributed by atoms with Crippen LogP contribution in [0, 0.1) is 11.7 Å². The summed E-state index contributed by atoms with van der Waals surface area (Å²) in [6, 6.07) is 5.47. The minimum Gasteiger partial charge on any atom is -0.481 e. The van der Waals surface area contributed by atoms with Gasteiger partial charge in [-0.25, -0.2) is 4.39 Å². The highest BCUT2D eigenvalue weighted by Gasteiger charge is 2.30. The van der Waals surface area contributed by atoms with E-state index in [0.717, 1.165) is 6.07 Å². The number of alkyl halides is 3. The van der Waals surface area contributed by atoms with Gasteiger partial charge in [0.1, 0.15) is 5.82 Å². The molecule has 2 nitrogen and oxygen atoms in total. The second-order valence-corrected chi connectivity index (χ2v) is 3.98. The molecule has 1 aromatic carbocycles. The summed E-state index contributed by atoms with van der Waals surface area (Å²) in [6.07, 6.45) is -6.37. The summed E-state index contributed by atoms with van der Waals surface area (Å²) in [7, 11) is 0. The first-order chi connectivity index (χ1) is 8.29. The number of carbonyl (C=O) groups is 1. The maximum Gasteiger partial charge on any atom is 0.389 e. The Kier molecular flexibility index (Phi) is 4.69. The van der Waals surface area contributed by atoms with Gasteiger partial charge in [-0.05, 0) is 24.5 Å². The molecule has 0 aliphatic heterocycles. The molecule has 0 aliphatic carbocycles. The Morgan fingerprint density at radius 3 is 2.39 bits per heavy atom. The van der Waals surface area contributed by atoms with E-state index in [1.54, 1.807) is 0 Å². The van der Waals surface area contributed by atoms with E-state index in [1.807, 2.05) is 0 Å². The molecule has 1 aromatic rings. The molecule has 0 fully saturated rings. The molecule has 18 heavy (non-hydrogen) atoms. The number of carboxylic acids is 1. The van der Waals surface area contributed by atoms with Gasteiger partial charge in [-0.1, -0.05) is 18.2 Å². The van der Waals surface area contributed by atoms with Crippen LogP contribution in [-0.4, -0.2) is 17.3 Å². The van der Waals surface area contributed by atoms with Gasteiger partial charge in [-0.3, -0.25) is 4.79 Å². The van der Waals surface area contributed by atoms with E-state index >= 15 is 0 Å². The van der Waals surface area contributed by atoms with E-state index in [0.29, 0.717) is 0 Å². The zero-order chi connectivity index (χ0) is 13.8. The minimum atomic E-state index is -4.40. The van der Waals surface area contributed by atoms with Crippen molar-refractivity contribution in [2.24, 2.45) is 5.92 Å². The van der Waals surface area contributed by atoms with Gasteiger partial charge in [-0.15, -0.1) is 0 Å². The van der Waals surface area contributed by atoms with Gasteiger partial charge in [-0.2, -0.15) is 13.2 Å². The van der Waals surface area contributed by atoms with Crippen molar-refractivity contribution in [1.29, 1.82) is 0 Å². The van der Waals surface area contributed by atoms with E-state index < -0.39 is 36.7 Å². The normalized spacial score (nSPS) is 13.3. The molecule has 0 saturated carbocycles. The molecule has 6 heteroatoms. The van der Waals surface area contributed by atoms with Crippen LogP contribution in [0.3, 0.4) is 0 Å². The average Bonchev–Trinajstić information content (AvgIpc) is 2.24. The first-order valence-corrected chi connectivity index (χ1v) is 5.32. The van der Waals surface area contributed by atoms with Gasteiger partial charge < -0.3 is 5.11 Å². The van der Waals surface area contributed by atoms with Crippen LogP contribution in [0.5, 0.6) is 0 Å². The summed E-state index contributed by atoms with van der Waals surface area (Å²) >= 11 is 0. The topological polar surface area (TPSA) is 37.3 Å². The van der Waals surface area contributed by atoms with Crippen LogP contribution in [0.15, 0.2) is 24.3 Å². The molecule has 0 bridgehead atoms. The van der Waals surface area contributed by atoms with E-state index in [9.17, 15) is 22.4 Å². The lowest BCUT2D eigenvalue weighted by molar-refractivity contribution is -0.148. The molecule has 0 aliphatic rings. The molecule has 1 atom stereocenters. The number of benzene rings is 1. The predicted molar refractivity (Wildman–Crippen MR) is 56.5 cm³/mol. The third kappa shape index (κ3) is 4.73. The van der Waals surface area contributed by atoms with E-state index in [2.05, 4.69) is 0 Å². The molecule has 0 amide bonds. The van der Waals surface area contributed by atoms with Gasteiger partial charge in [0, 0.05) is 6.42 Å². The monoisotopic (exact) mass is 264 g/mol. The number of hydrogen-bond donors (Lipinski definition) is 1. The number of halogens is 4. The van der Waals surface area contributed by atoms with Gasteiger partial charge in [0.05, 0.1) is 5.92 Å². The van der Waals surface area contributed by atoms with E-state index in [1.165, 1.54) is 18.2 Å². The first-order valence-electron chi connectivity index (χ1n) is 5.32. The molecule has 1 rings (SSSR count). The molecule has 0 radical (unpaired) electrons. The molecular formula is C12H12F4O2. The molecule has 0 heterocycles. The van der Waals surface area contributed by atoms with Gasteiger partial charge in [0.2, 0.25) is 0 Å². The maximum atomic E-state index is 13.3. The lowest BCUT2D eigenvalue weighted by Gasteiger charge is -2.14. The lowest BCUT2D eigenvalue weighted by atomic mass is 9.94. The highest BCUT2D eigenvalue weighted by molar-refractivity contribution is 5.70. The van der Waals surface area contributed by atoms with Crippen LogP contribution < -0.4 is 0 Å². The zero-order valence-corrected chi connectivity index (χ0v) is 9.38. The van der Waals surface area contributed by atoms with Crippen molar-refractivity contribution in [3.8, 4) is 0 Å². The van der Waals surface area contributed by atoms with Crippen molar-refractivity contribution >= 4 is 5.97 Å². The Balaban J connectivity index is 2.70. The third-order valence-corrected chi connectivity index (χ3v) is 2.55. The molecule has 0 spiro atoms. The Bertz CT molecular complexity index is 415. The molecule has 1 N–H and O–H groups in total. The van der Waals surface area contributed by atoms with Gasteiger partial charge in [0.25, 0.3) is 0 Å². The minimum absolute atomic E-state index is 0.118. The molecule has 0 saturated heterocycles. The standard InChI is InChI=1S/C12H12F4O2/c13-10-4-2-1-3-8(10)7-9(11(17)18)5-6-12(14,15)16/h1-4,9H,5-7H2,(H,17,18). The fourth-order valence-electron chi connectivity index (χ4n) is 1.58. The van der Waals surface area contributed by atoms with Crippen LogP contribution in [0.1, 0.15) is 18.4 Å². The van der Waals surface area contributed by atoms with Crippen molar-refractivity contribution < 1.29 is 27.5 Å². The molecule has 1 unspecified atom stereocenters. The Labute approximate surface area is 101 Å². The van der Waals surface area contributed by atoms with Crippen molar-refractivity contribution in [3.05, 3.63) is 35.6 Å². The third-order valence-electron chi connectivity index (χ3n) is 2.55. The molecule has 0 aromatic heterocycles. The summed E-state index contributed by atoms with van der Waals surface area (Å²) in [5, 5.41) is 8.83. The van der Waals surface area contributed by atoms with Crippen LogP contribution in [0.25, 0.3) is 0 Å². The van der Waals surface area contributed by atoms with E-state index in [-0.39, 0.29) is 12.0 Å².